The lowest BCUT2D eigenvalue weighted by molar-refractivity contribution is -0.114. The summed E-state index contributed by atoms with van der Waals surface area (Å²) in [7, 11) is 0. The Hall–Kier alpha value is -3.02. The Morgan fingerprint density at radius 1 is 1.00 bits per heavy atom. The number of rotatable bonds is 9. The second-order valence-electron chi connectivity index (χ2n) is 5.54. The minimum absolute atomic E-state index is 0.0973. The molecule has 0 unspecified atom stereocenters. The second-order valence-corrected chi connectivity index (χ2v) is 5.54. The van der Waals surface area contributed by atoms with Gasteiger partial charge in [0.15, 0.2) is 0 Å². The number of esters is 1. The van der Waals surface area contributed by atoms with E-state index in [4.69, 9.17) is 9.47 Å². The van der Waals surface area contributed by atoms with Gasteiger partial charge in [-0.2, -0.15) is 0 Å². The SMILES string of the molecule is CCCOC(=O)c1ccc(NCC(=O)Nc2ccccc2OCC)cc1. The summed E-state index contributed by atoms with van der Waals surface area (Å²) in [5.41, 5.74) is 1.86. The third-order valence-electron chi connectivity index (χ3n) is 3.47. The van der Waals surface area contributed by atoms with E-state index in [1.54, 1.807) is 30.3 Å². The molecule has 0 aliphatic rings. The van der Waals surface area contributed by atoms with Crippen LogP contribution in [0.4, 0.5) is 11.4 Å². The monoisotopic (exact) mass is 356 g/mol. The lowest BCUT2D eigenvalue weighted by Gasteiger charge is -2.12. The van der Waals surface area contributed by atoms with E-state index in [1.165, 1.54) is 0 Å². The zero-order valence-corrected chi connectivity index (χ0v) is 15.1. The highest BCUT2D eigenvalue weighted by Gasteiger charge is 2.09. The molecule has 26 heavy (non-hydrogen) atoms. The second kappa shape index (κ2) is 10.1. The molecule has 2 rings (SSSR count). The zero-order valence-electron chi connectivity index (χ0n) is 15.1. The molecule has 6 heteroatoms. The molecule has 0 saturated carbocycles. The van der Waals surface area contributed by atoms with Crippen LogP contribution in [0.1, 0.15) is 30.6 Å². The number of hydrogen-bond donors (Lipinski definition) is 2. The highest BCUT2D eigenvalue weighted by Crippen LogP contribution is 2.23. The first-order valence-corrected chi connectivity index (χ1v) is 8.66. The Balaban J connectivity index is 1.86. The number of amides is 1. The first-order valence-electron chi connectivity index (χ1n) is 8.66. The fourth-order valence-corrected chi connectivity index (χ4v) is 2.23. The maximum atomic E-state index is 12.1. The Kier molecular flexibility index (Phi) is 7.49. The van der Waals surface area contributed by atoms with Gasteiger partial charge in [-0.05, 0) is 49.7 Å². The molecular weight excluding hydrogens is 332 g/mol. The Labute approximate surface area is 153 Å². The number of nitrogens with one attached hydrogen (secondary N) is 2. The van der Waals surface area contributed by atoms with Crippen molar-refractivity contribution in [2.45, 2.75) is 20.3 Å². The quantitative estimate of drug-likeness (QED) is 0.670. The molecule has 138 valence electrons. The molecule has 2 N–H and O–H groups in total. The minimum Gasteiger partial charge on any atom is -0.492 e. The van der Waals surface area contributed by atoms with Gasteiger partial charge in [-0.1, -0.05) is 19.1 Å². The molecule has 0 saturated heterocycles. The highest BCUT2D eigenvalue weighted by atomic mass is 16.5. The van der Waals surface area contributed by atoms with Crippen LogP contribution in [0, 0.1) is 0 Å². The van der Waals surface area contributed by atoms with Crippen LogP contribution in [-0.2, 0) is 9.53 Å². The van der Waals surface area contributed by atoms with Gasteiger partial charge in [0.1, 0.15) is 5.75 Å². The average molecular weight is 356 g/mol. The molecule has 0 bridgehead atoms. The molecule has 0 aliphatic heterocycles. The van der Waals surface area contributed by atoms with Crippen LogP contribution < -0.4 is 15.4 Å². The van der Waals surface area contributed by atoms with Crippen molar-refractivity contribution in [1.82, 2.24) is 0 Å². The van der Waals surface area contributed by atoms with Crippen LogP contribution in [0.2, 0.25) is 0 Å². The van der Waals surface area contributed by atoms with Crippen molar-refractivity contribution >= 4 is 23.3 Å². The van der Waals surface area contributed by atoms with Crippen molar-refractivity contribution in [3.05, 3.63) is 54.1 Å². The van der Waals surface area contributed by atoms with Crippen LogP contribution in [0.3, 0.4) is 0 Å². The van der Waals surface area contributed by atoms with Gasteiger partial charge in [0, 0.05) is 5.69 Å². The normalized spacial score (nSPS) is 10.1. The first kappa shape index (κ1) is 19.3. The fraction of sp³-hybridized carbons (Fsp3) is 0.300. The Bertz CT molecular complexity index is 729. The van der Waals surface area contributed by atoms with Crippen LogP contribution in [0.25, 0.3) is 0 Å². The number of anilines is 2. The lowest BCUT2D eigenvalue weighted by atomic mass is 10.2. The molecular formula is C20H24N2O4. The molecule has 2 aromatic rings. The standard InChI is InChI=1S/C20H24N2O4/c1-3-13-26-20(24)15-9-11-16(12-10-15)21-14-19(23)22-17-7-5-6-8-18(17)25-4-2/h5-12,21H,3-4,13-14H2,1-2H3,(H,22,23). The third kappa shape index (κ3) is 5.81. The van der Waals surface area contributed by atoms with Crippen molar-refractivity contribution in [3.63, 3.8) is 0 Å². The van der Waals surface area contributed by atoms with Gasteiger partial charge in [-0.3, -0.25) is 4.79 Å². The molecule has 0 atom stereocenters. The molecule has 0 fully saturated rings. The summed E-state index contributed by atoms with van der Waals surface area (Å²) in [6.07, 6.45) is 0.785. The van der Waals surface area contributed by atoms with Crippen molar-refractivity contribution < 1.29 is 19.1 Å². The third-order valence-corrected chi connectivity index (χ3v) is 3.47. The molecule has 1 amide bonds. The minimum atomic E-state index is -0.344. The van der Waals surface area contributed by atoms with Crippen LogP contribution in [0.15, 0.2) is 48.5 Å². The van der Waals surface area contributed by atoms with E-state index in [1.807, 2.05) is 32.0 Å². The van der Waals surface area contributed by atoms with Gasteiger partial charge in [0.05, 0.1) is 31.0 Å². The maximum absolute atomic E-state index is 12.1. The van der Waals surface area contributed by atoms with E-state index in [0.29, 0.717) is 30.2 Å². The van der Waals surface area contributed by atoms with E-state index in [-0.39, 0.29) is 18.4 Å². The zero-order chi connectivity index (χ0) is 18.8. The van der Waals surface area contributed by atoms with Gasteiger partial charge in [0.25, 0.3) is 0 Å². The topological polar surface area (TPSA) is 76.7 Å². The summed E-state index contributed by atoms with van der Waals surface area (Å²) < 4.78 is 10.6. The van der Waals surface area contributed by atoms with Gasteiger partial charge in [0.2, 0.25) is 5.91 Å². The summed E-state index contributed by atoms with van der Waals surface area (Å²) in [6.45, 7) is 4.86. The van der Waals surface area contributed by atoms with Gasteiger partial charge in [-0.15, -0.1) is 0 Å². The lowest BCUT2D eigenvalue weighted by Crippen LogP contribution is -2.22. The van der Waals surface area contributed by atoms with E-state index in [2.05, 4.69) is 10.6 Å². The summed E-state index contributed by atoms with van der Waals surface area (Å²) in [5, 5.41) is 5.84. The van der Waals surface area contributed by atoms with Crippen molar-refractivity contribution in [3.8, 4) is 5.75 Å². The number of carbonyl (C=O) groups is 2. The molecule has 0 aromatic heterocycles. The molecule has 2 aromatic carbocycles. The Morgan fingerprint density at radius 2 is 1.73 bits per heavy atom. The number of benzene rings is 2. The highest BCUT2D eigenvalue weighted by molar-refractivity contribution is 5.95. The molecule has 0 heterocycles. The predicted octanol–water partition coefficient (Wildman–Crippen LogP) is 3.70. The molecule has 0 radical (unpaired) electrons. The summed E-state index contributed by atoms with van der Waals surface area (Å²) in [4.78, 5) is 23.9. The van der Waals surface area contributed by atoms with E-state index in [9.17, 15) is 9.59 Å². The van der Waals surface area contributed by atoms with Crippen molar-refractivity contribution in [2.75, 3.05) is 30.4 Å². The smallest absolute Gasteiger partial charge is 0.338 e. The number of ether oxygens (including phenoxy) is 2. The number of hydrogen-bond acceptors (Lipinski definition) is 5. The Morgan fingerprint density at radius 3 is 2.42 bits per heavy atom. The maximum Gasteiger partial charge on any atom is 0.338 e. The van der Waals surface area contributed by atoms with E-state index >= 15 is 0 Å². The first-order chi connectivity index (χ1) is 12.6. The number of para-hydroxylation sites is 2. The van der Waals surface area contributed by atoms with E-state index < -0.39 is 0 Å². The fourth-order valence-electron chi connectivity index (χ4n) is 2.23. The van der Waals surface area contributed by atoms with Crippen molar-refractivity contribution in [1.29, 1.82) is 0 Å². The predicted molar refractivity (Wildman–Crippen MR) is 102 cm³/mol. The van der Waals surface area contributed by atoms with Gasteiger partial charge < -0.3 is 20.1 Å². The van der Waals surface area contributed by atoms with Crippen LogP contribution in [0.5, 0.6) is 5.75 Å². The number of carbonyl (C=O) groups excluding carboxylic acids is 2. The van der Waals surface area contributed by atoms with Crippen molar-refractivity contribution in [2.24, 2.45) is 0 Å². The van der Waals surface area contributed by atoms with Gasteiger partial charge in [-0.25, -0.2) is 4.79 Å². The summed E-state index contributed by atoms with van der Waals surface area (Å²) in [5.74, 6) is 0.102. The van der Waals surface area contributed by atoms with Gasteiger partial charge >= 0.3 is 5.97 Å². The van der Waals surface area contributed by atoms with E-state index in [0.717, 1.165) is 12.1 Å². The summed E-state index contributed by atoms with van der Waals surface area (Å²) in [6, 6.07) is 14.1. The largest absolute Gasteiger partial charge is 0.492 e. The molecule has 0 spiro atoms. The average Bonchev–Trinajstić information content (AvgIpc) is 2.66. The molecule has 0 aliphatic carbocycles. The van der Waals surface area contributed by atoms with Crippen LogP contribution >= 0.6 is 0 Å². The van der Waals surface area contributed by atoms with Crippen LogP contribution in [-0.4, -0.2) is 31.6 Å². The summed E-state index contributed by atoms with van der Waals surface area (Å²) >= 11 is 0. The molecule has 6 nitrogen and oxygen atoms in total.